The third kappa shape index (κ3) is 4.86. The molecule has 0 heterocycles. The van der Waals surface area contributed by atoms with E-state index in [0.717, 1.165) is 17.1 Å². The van der Waals surface area contributed by atoms with Crippen LogP contribution in [0.4, 0.5) is 17.1 Å². The van der Waals surface area contributed by atoms with Crippen LogP contribution in [0.25, 0.3) is 76.1 Å². The molecule has 51 heavy (non-hydrogen) atoms. The fraction of sp³-hybridized carbons (Fsp3) is 0. The Morgan fingerprint density at radius 2 is 0.765 bits per heavy atom. The summed E-state index contributed by atoms with van der Waals surface area (Å²) < 4.78 is 0. The van der Waals surface area contributed by atoms with Crippen LogP contribution in [0.1, 0.15) is 0 Å². The first-order chi connectivity index (χ1) is 25.3. The van der Waals surface area contributed by atoms with Gasteiger partial charge in [-0.15, -0.1) is 0 Å². The minimum absolute atomic E-state index is 1.11. The van der Waals surface area contributed by atoms with Gasteiger partial charge in [-0.2, -0.15) is 0 Å². The Morgan fingerprint density at radius 3 is 1.59 bits per heavy atom. The zero-order valence-corrected chi connectivity index (χ0v) is 28.0. The molecule has 0 fully saturated rings. The van der Waals surface area contributed by atoms with Crippen molar-refractivity contribution in [3.05, 3.63) is 200 Å². The Bertz CT molecular complexity index is 2900. The number of benzene rings is 10. The topological polar surface area (TPSA) is 3.24 Å². The average Bonchev–Trinajstić information content (AvgIpc) is 3.21. The number of para-hydroxylation sites is 1. The molecule has 238 valence electrons. The summed E-state index contributed by atoms with van der Waals surface area (Å²) in [6.07, 6.45) is 0. The fourth-order valence-electron chi connectivity index (χ4n) is 8.06. The highest BCUT2D eigenvalue weighted by Gasteiger charge is 2.20. The van der Waals surface area contributed by atoms with E-state index in [9.17, 15) is 0 Å². The lowest BCUT2D eigenvalue weighted by molar-refractivity contribution is 1.30. The molecule has 0 atom stereocenters. The molecule has 10 rings (SSSR count). The zero-order valence-electron chi connectivity index (χ0n) is 28.0. The second-order valence-corrected chi connectivity index (χ2v) is 13.3. The van der Waals surface area contributed by atoms with Crippen molar-refractivity contribution in [3.8, 4) is 22.3 Å². The van der Waals surface area contributed by atoms with Crippen LogP contribution < -0.4 is 4.90 Å². The smallest absolute Gasteiger partial charge is 0.0546 e. The van der Waals surface area contributed by atoms with Crippen molar-refractivity contribution >= 4 is 70.9 Å². The summed E-state index contributed by atoms with van der Waals surface area (Å²) in [5.41, 5.74) is 8.22. The Labute approximate surface area is 297 Å². The number of hydrogen-bond acceptors (Lipinski definition) is 1. The summed E-state index contributed by atoms with van der Waals surface area (Å²) in [5, 5.41) is 12.6. The SMILES string of the molecule is c1ccc(-c2ccccc2N(c2ccc(-c3cccc4c3ccc3c5ccccc5ccc43)cc2)c2cc3ccccc3c3ccccc23)cc1. The number of anilines is 3. The Morgan fingerprint density at radius 1 is 0.255 bits per heavy atom. The van der Waals surface area contributed by atoms with Crippen LogP contribution in [0.15, 0.2) is 200 Å². The molecular weight excluding hydrogens is 615 g/mol. The molecule has 1 heteroatoms. The fourth-order valence-corrected chi connectivity index (χ4v) is 8.06. The standard InChI is InChI=1S/C50H33N/c1-2-13-34(14-3-1)42-19-10-11-24-49(42)51(50-33-37-16-5-7-18-41(37)43-20-8-9-21-48(43)50)38-28-25-36(26-29-38)40-22-12-23-44-45(40)31-32-46-39-17-6-4-15-35(39)27-30-47(44)46/h1-33H. The van der Waals surface area contributed by atoms with Gasteiger partial charge in [-0.1, -0.05) is 176 Å². The van der Waals surface area contributed by atoms with Crippen molar-refractivity contribution in [2.75, 3.05) is 4.90 Å². The Kier molecular flexibility index (Phi) is 6.89. The van der Waals surface area contributed by atoms with E-state index in [1.165, 1.54) is 76.1 Å². The van der Waals surface area contributed by atoms with Crippen molar-refractivity contribution in [1.82, 2.24) is 0 Å². The van der Waals surface area contributed by atoms with E-state index < -0.39 is 0 Å². The van der Waals surface area contributed by atoms with Crippen molar-refractivity contribution < 1.29 is 0 Å². The minimum atomic E-state index is 1.11. The van der Waals surface area contributed by atoms with Crippen LogP contribution in [-0.2, 0) is 0 Å². The first kappa shape index (κ1) is 29.2. The van der Waals surface area contributed by atoms with Gasteiger partial charge in [0.25, 0.3) is 0 Å². The van der Waals surface area contributed by atoms with Gasteiger partial charge < -0.3 is 4.90 Å². The van der Waals surface area contributed by atoms with Crippen LogP contribution in [-0.4, -0.2) is 0 Å². The number of hydrogen-bond donors (Lipinski definition) is 0. The van der Waals surface area contributed by atoms with Gasteiger partial charge >= 0.3 is 0 Å². The second kappa shape index (κ2) is 12.0. The summed E-state index contributed by atoms with van der Waals surface area (Å²) >= 11 is 0. The largest absolute Gasteiger partial charge is 0.309 e. The molecule has 0 radical (unpaired) electrons. The number of rotatable bonds is 5. The maximum atomic E-state index is 2.45. The van der Waals surface area contributed by atoms with Gasteiger partial charge in [-0.25, -0.2) is 0 Å². The van der Waals surface area contributed by atoms with Crippen LogP contribution in [0.2, 0.25) is 0 Å². The van der Waals surface area contributed by atoms with E-state index >= 15 is 0 Å². The zero-order chi connectivity index (χ0) is 33.7. The maximum Gasteiger partial charge on any atom is 0.0546 e. The maximum absolute atomic E-state index is 2.45. The first-order valence-electron chi connectivity index (χ1n) is 17.6. The monoisotopic (exact) mass is 647 g/mol. The molecule has 0 aliphatic carbocycles. The third-order valence-electron chi connectivity index (χ3n) is 10.4. The molecule has 0 aromatic heterocycles. The normalized spacial score (nSPS) is 11.5. The van der Waals surface area contributed by atoms with Gasteiger partial charge in [-0.05, 0) is 89.4 Å². The second-order valence-electron chi connectivity index (χ2n) is 13.3. The van der Waals surface area contributed by atoms with Crippen molar-refractivity contribution in [1.29, 1.82) is 0 Å². The van der Waals surface area contributed by atoms with Gasteiger partial charge in [0.15, 0.2) is 0 Å². The van der Waals surface area contributed by atoms with E-state index in [2.05, 4.69) is 205 Å². The van der Waals surface area contributed by atoms with Crippen molar-refractivity contribution in [2.45, 2.75) is 0 Å². The predicted molar refractivity (Wildman–Crippen MR) is 220 cm³/mol. The van der Waals surface area contributed by atoms with Gasteiger partial charge in [0.2, 0.25) is 0 Å². The molecule has 0 aliphatic rings. The summed E-state index contributed by atoms with van der Waals surface area (Å²) in [6.45, 7) is 0. The molecule has 0 aliphatic heterocycles. The van der Waals surface area contributed by atoms with E-state index in [1.54, 1.807) is 0 Å². The summed E-state index contributed by atoms with van der Waals surface area (Å²) in [7, 11) is 0. The molecule has 0 N–H and O–H groups in total. The highest BCUT2D eigenvalue weighted by atomic mass is 15.1. The quantitative estimate of drug-likeness (QED) is 0.168. The average molecular weight is 648 g/mol. The van der Waals surface area contributed by atoms with Gasteiger partial charge in [-0.3, -0.25) is 0 Å². The molecule has 10 aromatic carbocycles. The summed E-state index contributed by atoms with van der Waals surface area (Å²) in [6, 6.07) is 73.0. The molecule has 0 bridgehead atoms. The molecule has 0 saturated heterocycles. The van der Waals surface area contributed by atoms with Crippen LogP contribution in [0.5, 0.6) is 0 Å². The predicted octanol–water partition coefficient (Wildman–Crippen LogP) is 14.3. The number of nitrogens with zero attached hydrogens (tertiary/aromatic N) is 1. The highest BCUT2D eigenvalue weighted by molar-refractivity contribution is 6.19. The number of fused-ring (bicyclic) bond motifs is 8. The molecule has 0 saturated carbocycles. The lowest BCUT2D eigenvalue weighted by Gasteiger charge is -2.29. The Balaban J connectivity index is 1.17. The van der Waals surface area contributed by atoms with E-state index in [-0.39, 0.29) is 0 Å². The van der Waals surface area contributed by atoms with Gasteiger partial charge in [0.1, 0.15) is 0 Å². The molecule has 0 amide bonds. The van der Waals surface area contributed by atoms with Crippen LogP contribution in [0, 0.1) is 0 Å². The third-order valence-corrected chi connectivity index (χ3v) is 10.4. The van der Waals surface area contributed by atoms with Crippen LogP contribution in [0.3, 0.4) is 0 Å². The molecule has 0 spiro atoms. The summed E-state index contributed by atoms with van der Waals surface area (Å²) in [5.74, 6) is 0. The van der Waals surface area contributed by atoms with Crippen LogP contribution >= 0.6 is 0 Å². The van der Waals surface area contributed by atoms with E-state index in [0.29, 0.717) is 0 Å². The molecule has 0 unspecified atom stereocenters. The van der Waals surface area contributed by atoms with Gasteiger partial charge in [0, 0.05) is 16.6 Å². The van der Waals surface area contributed by atoms with E-state index in [1.807, 2.05) is 0 Å². The van der Waals surface area contributed by atoms with Crippen molar-refractivity contribution in [2.24, 2.45) is 0 Å². The molecule has 1 nitrogen and oxygen atoms in total. The Hall–Kier alpha value is -6.70. The highest BCUT2D eigenvalue weighted by Crippen LogP contribution is 2.46. The summed E-state index contributed by atoms with van der Waals surface area (Å²) in [4.78, 5) is 2.45. The lowest BCUT2D eigenvalue weighted by atomic mass is 9.92. The van der Waals surface area contributed by atoms with Gasteiger partial charge in [0.05, 0.1) is 11.4 Å². The lowest BCUT2D eigenvalue weighted by Crippen LogP contribution is -2.12. The van der Waals surface area contributed by atoms with Crippen molar-refractivity contribution in [3.63, 3.8) is 0 Å². The first-order valence-corrected chi connectivity index (χ1v) is 17.6. The minimum Gasteiger partial charge on any atom is -0.309 e. The molecule has 10 aromatic rings. The van der Waals surface area contributed by atoms with E-state index in [4.69, 9.17) is 0 Å². The molecular formula is C50H33N.